The summed E-state index contributed by atoms with van der Waals surface area (Å²) in [4.78, 5) is 0. The van der Waals surface area contributed by atoms with E-state index in [4.69, 9.17) is 18.5 Å². The van der Waals surface area contributed by atoms with Crippen molar-refractivity contribution in [3.8, 4) is 0 Å². The topological polar surface area (TPSA) is 40.2 Å². The van der Waals surface area contributed by atoms with Crippen molar-refractivity contribution in [2.75, 3.05) is 14.2 Å². The van der Waals surface area contributed by atoms with Gasteiger partial charge < -0.3 is 9.47 Å². The van der Waals surface area contributed by atoms with Gasteiger partial charge in [0.1, 0.15) is 12.2 Å². The molecule has 0 spiro atoms. The van der Waals surface area contributed by atoms with Gasteiger partial charge in [-0.2, -0.15) is 9.05 Å². The number of methoxy groups -OCH3 is 2. The first-order valence-corrected chi connectivity index (χ1v) is 27.6. The summed E-state index contributed by atoms with van der Waals surface area (Å²) in [5.74, 6) is 0. The Morgan fingerprint density at radius 3 is 0.929 bits per heavy atom. The fourth-order valence-electron chi connectivity index (χ4n) is 10.9. The van der Waals surface area contributed by atoms with Crippen molar-refractivity contribution < 1.29 is 38.5 Å². The van der Waals surface area contributed by atoms with Gasteiger partial charge >= 0.3 is 37.7 Å². The van der Waals surface area contributed by atoms with Crippen LogP contribution in [0.15, 0.2) is 231 Å². The minimum absolute atomic E-state index is 0.169. The number of benzene rings is 10. The molecule has 1 fully saturated rings. The maximum absolute atomic E-state index is 8.43. The Labute approximate surface area is 428 Å². The molecule has 0 aromatic heterocycles. The first-order chi connectivity index (χ1) is 34.4. The molecular formula is C62H55AuClNO4P+. The van der Waals surface area contributed by atoms with Crippen molar-refractivity contribution in [3.63, 3.8) is 0 Å². The number of fused-ring (bicyclic) bond motifs is 4. The number of hydrogen-bond donors (Lipinski definition) is 0. The molecule has 1 saturated heterocycles. The van der Waals surface area contributed by atoms with Crippen molar-refractivity contribution in [1.29, 1.82) is 0 Å². The summed E-state index contributed by atoms with van der Waals surface area (Å²) < 4.78 is 33.7. The Kier molecular flexibility index (Phi) is 14.5. The summed E-state index contributed by atoms with van der Waals surface area (Å²) in [7, 11) is 5.45. The quantitative estimate of drug-likeness (QED) is 0.0953. The third-order valence-corrected chi connectivity index (χ3v) is 16.6. The molecule has 0 aliphatic carbocycles. The van der Waals surface area contributed by atoms with Crippen LogP contribution in [-0.4, -0.2) is 31.1 Å². The molecule has 0 saturated carbocycles. The van der Waals surface area contributed by atoms with E-state index in [9.17, 15) is 0 Å². The molecular weight excluding hydrogens is 1090 g/mol. The Morgan fingerprint density at radius 1 is 0.400 bits per heavy atom. The Balaban J connectivity index is 0.00000280. The molecule has 1 aliphatic rings. The molecule has 4 atom stereocenters. The van der Waals surface area contributed by atoms with Gasteiger partial charge in [-0.3, -0.25) is 0 Å². The summed E-state index contributed by atoms with van der Waals surface area (Å²) in [5, 5.41) is 8.93. The van der Waals surface area contributed by atoms with E-state index in [0.29, 0.717) is 0 Å². The van der Waals surface area contributed by atoms with E-state index < -0.39 is 31.9 Å². The van der Waals surface area contributed by atoms with Crippen LogP contribution in [-0.2, 0) is 49.7 Å². The van der Waals surface area contributed by atoms with Gasteiger partial charge in [-0.15, -0.1) is 4.67 Å². The van der Waals surface area contributed by atoms with Crippen molar-refractivity contribution in [2.24, 2.45) is 0 Å². The summed E-state index contributed by atoms with van der Waals surface area (Å²) in [6.45, 7) is 4.57. The average Bonchev–Trinajstić information content (AvgIpc) is 3.57. The number of nitrogens with zero attached hydrogens (tertiary/aromatic N) is 1. The van der Waals surface area contributed by atoms with Gasteiger partial charge in [0.25, 0.3) is 0 Å². The van der Waals surface area contributed by atoms with Gasteiger partial charge in [-0.25, -0.2) is 0 Å². The Morgan fingerprint density at radius 2 is 0.657 bits per heavy atom. The van der Waals surface area contributed by atoms with E-state index in [0.717, 1.165) is 76.5 Å². The SMILES string of the molecule is CO[C@H]1[C@H](OC)C(c2ccc3ccccc3c2)(c2ccc3ccccc3c2)O[PH+](N([C@@H](C)c2ccccc2)[C@@H](C)c2ccccc2)OC1(c1ccc2ccccc2c1)c1ccc2ccccc2c1.[Cl][Au]. The molecule has 11 rings (SSSR count). The van der Waals surface area contributed by atoms with Crippen LogP contribution < -0.4 is 0 Å². The van der Waals surface area contributed by atoms with Crippen LogP contribution in [0.1, 0.15) is 59.3 Å². The van der Waals surface area contributed by atoms with Gasteiger partial charge in [0, 0.05) is 14.2 Å². The molecule has 354 valence electrons. The van der Waals surface area contributed by atoms with Gasteiger partial charge in [0.05, 0.1) is 12.1 Å². The number of halogens is 1. The van der Waals surface area contributed by atoms with Crippen LogP contribution in [0.3, 0.4) is 0 Å². The second kappa shape index (κ2) is 21.1. The van der Waals surface area contributed by atoms with E-state index >= 15 is 0 Å². The first-order valence-electron chi connectivity index (χ1n) is 23.7. The predicted octanol–water partition coefficient (Wildman–Crippen LogP) is 16.0. The molecule has 10 aromatic carbocycles. The van der Waals surface area contributed by atoms with Crippen LogP contribution in [0.2, 0.25) is 0 Å². The van der Waals surface area contributed by atoms with Gasteiger partial charge in [-0.05, 0) is 115 Å². The molecule has 0 N–H and O–H groups in total. The Bertz CT molecular complexity index is 3010. The van der Waals surface area contributed by atoms with Crippen LogP contribution in [0.4, 0.5) is 0 Å². The fraction of sp³-hybridized carbons (Fsp3) is 0.161. The van der Waals surface area contributed by atoms with E-state index in [2.05, 4.69) is 258 Å². The van der Waals surface area contributed by atoms with Crippen LogP contribution in [0.25, 0.3) is 43.1 Å². The second-order valence-electron chi connectivity index (χ2n) is 18.1. The van der Waals surface area contributed by atoms with E-state index in [1.54, 1.807) is 34.2 Å². The number of ether oxygens (including phenoxy) is 2. The van der Waals surface area contributed by atoms with Crippen molar-refractivity contribution in [2.45, 2.75) is 49.3 Å². The maximum atomic E-state index is 8.43. The second-order valence-corrected chi connectivity index (χ2v) is 19.5. The number of rotatable bonds is 11. The average molecular weight is 1140 g/mol. The minimum atomic E-state index is -2.74. The van der Waals surface area contributed by atoms with Crippen LogP contribution >= 0.6 is 17.7 Å². The molecule has 5 nitrogen and oxygen atoms in total. The van der Waals surface area contributed by atoms with Crippen molar-refractivity contribution >= 4 is 60.8 Å². The zero-order valence-corrected chi connectivity index (χ0v) is 43.4. The summed E-state index contributed by atoms with van der Waals surface area (Å²) in [6, 6.07) is 82.1. The van der Waals surface area contributed by atoms with Crippen LogP contribution in [0, 0.1) is 0 Å². The van der Waals surface area contributed by atoms with E-state index in [1.807, 2.05) is 0 Å². The first kappa shape index (κ1) is 48.1. The van der Waals surface area contributed by atoms with Crippen LogP contribution in [0.5, 0.6) is 0 Å². The van der Waals surface area contributed by atoms with E-state index in [1.165, 1.54) is 0 Å². The molecule has 0 bridgehead atoms. The monoisotopic (exact) mass is 1140 g/mol. The summed E-state index contributed by atoms with van der Waals surface area (Å²) in [5.41, 5.74) is 3.46. The zero-order chi connectivity index (χ0) is 48.2. The molecule has 1 aliphatic heterocycles. The third-order valence-electron chi connectivity index (χ3n) is 14.4. The molecule has 1 heterocycles. The molecule has 0 amide bonds. The normalized spacial score (nSPS) is 17.8. The predicted molar refractivity (Wildman–Crippen MR) is 287 cm³/mol. The van der Waals surface area contributed by atoms with Crippen molar-refractivity contribution in [1.82, 2.24) is 4.67 Å². The summed E-state index contributed by atoms with van der Waals surface area (Å²) >= 11 is 1.75. The third kappa shape index (κ3) is 8.74. The van der Waals surface area contributed by atoms with Gasteiger partial charge in [-0.1, -0.05) is 206 Å². The van der Waals surface area contributed by atoms with Crippen molar-refractivity contribution in [3.05, 3.63) is 264 Å². The van der Waals surface area contributed by atoms with E-state index in [-0.39, 0.29) is 12.1 Å². The molecule has 0 radical (unpaired) electrons. The summed E-state index contributed by atoms with van der Waals surface area (Å²) in [6.07, 6.45) is -1.59. The fourth-order valence-corrected chi connectivity index (χ4v) is 13.3. The Hall–Kier alpha value is -5.50. The molecule has 8 heteroatoms. The molecule has 70 heavy (non-hydrogen) atoms. The molecule has 0 unspecified atom stereocenters. The standard InChI is InChI=1S/C62H54NO4P.Au.ClH/c1-43(45-19-7-5-8-20-45)63(44(2)46-21-9-6-10-22-46)68-66-61(55-35-31-47-23-11-15-27-51(47)39-55,56-36-32-48-24-12-16-28-52(48)40-56)59(64-3)60(65-4)62(67-68,57-37-33-49-25-13-17-29-53(49)41-57)58-38-34-50-26-14-18-30-54(50)42-58;;/h5-44,59-60H,1-4H3;;1H/q;+1;/t43-,44-,59-,60-;;/m0../s1. The van der Waals surface area contributed by atoms with Gasteiger partial charge in [0.15, 0.2) is 11.2 Å². The zero-order valence-electron chi connectivity index (χ0n) is 39.5. The van der Waals surface area contributed by atoms with Gasteiger partial charge in [0.2, 0.25) is 0 Å². The number of hydrogen-bond acceptors (Lipinski definition) is 5. The molecule has 10 aromatic rings.